The van der Waals surface area contributed by atoms with Crippen LogP contribution in [0.5, 0.6) is 0 Å². The number of nitriles is 1. The normalized spacial score (nSPS) is 13.6. The molecular weight excluding hydrogens is 262 g/mol. The molecule has 1 aliphatic carbocycles. The molecule has 2 rings (SSSR count). The van der Waals surface area contributed by atoms with Crippen molar-refractivity contribution in [2.75, 3.05) is 18.4 Å². The van der Waals surface area contributed by atoms with Crippen LogP contribution in [-0.4, -0.2) is 29.9 Å². The van der Waals surface area contributed by atoms with Crippen molar-refractivity contribution in [3.8, 4) is 6.07 Å². The van der Waals surface area contributed by atoms with Crippen molar-refractivity contribution < 1.29 is 4.79 Å². The Labute approximate surface area is 126 Å². The molecule has 1 N–H and O–H groups in total. The van der Waals surface area contributed by atoms with E-state index in [-0.39, 0.29) is 5.91 Å². The van der Waals surface area contributed by atoms with Gasteiger partial charge in [0.1, 0.15) is 0 Å². The van der Waals surface area contributed by atoms with E-state index in [1.165, 1.54) is 0 Å². The lowest BCUT2D eigenvalue weighted by Gasteiger charge is -2.22. The highest BCUT2D eigenvalue weighted by Crippen LogP contribution is 2.29. The minimum atomic E-state index is 0.0623. The summed E-state index contributed by atoms with van der Waals surface area (Å²) in [4.78, 5) is 14.5. The Bertz CT molecular complexity index is 543. The molecule has 112 valence electrons. The highest BCUT2D eigenvalue weighted by Gasteiger charge is 2.33. The number of carbonyl (C=O) groups is 1. The number of nitrogens with one attached hydrogen (secondary N) is 1. The number of amides is 1. The quantitative estimate of drug-likeness (QED) is 0.836. The molecule has 0 aliphatic heterocycles. The van der Waals surface area contributed by atoms with E-state index in [4.69, 9.17) is 5.26 Å². The van der Waals surface area contributed by atoms with Crippen molar-refractivity contribution in [2.24, 2.45) is 0 Å². The highest BCUT2D eigenvalue weighted by molar-refractivity contribution is 5.96. The first-order chi connectivity index (χ1) is 10.2. The third-order valence-corrected chi connectivity index (χ3v) is 3.75. The molecule has 1 fully saturated rings. The van der Waals surface area contributed by atoms with E-state index in [2.05, 4.69) is 18.3 Å². The fraction of sp³-hybridized carbons (Fsp3) is 0.529. The predicted octanol–water partition coefficient (Wildman–Crippen LogP) is 3.34. The molecule has 0 atom stereocenters. The summed E-state index contributed by atoms with van der Waals surface area (Å²) in [6, 6.07) is 8.36. The Morgan fingerprint density at radius 2 is 2.24 bits per heavy atom. The average molecular weight is 285 g/mol. The van der Waals surface area contributed by atoms with Gasteiger partial charge in [-0.3, -0.25) is 4.79 Å². The summed E-state index contributed by atoms with van der Waals surface area (Å²) in [6.45, 7) is 5.57. The fourth-order valence-electron chi connectivity index (χ4n) is 2.44. The Morgan fingerprint density at radius 3 is 2.81 bits per heavy atom. The van der Waals surface area contributed by atoms with Gasteiger partial charge in [-0.05, 0) is 49.9 Å². The second-order valence-electron chi connectivity index (χ2n) is 5.59. The largest absolute Gasteiger partial charge is 0.385 e. The second kappa shape index (κ2) is 7.12. The third-order valence-electron chi connectivity index (χ3n) is 3.75. The molecule has 0 aromatic heterocycles. The van der Waals surface area contributed by atoms with Crippen LogP contribution < -0.4 is 5.32 Å². The van der Waals surface area contributed by atoms with Crippen molar-refractivity contribution in [1.29, 1.82) is 5.26 Å². The number of carbonyl (C=O) groups excluding carboxylic acids is 1. The summed E-state index contributed by atoms with van der Waals surface area (Å²) in [5.74, 6) is 0.0623. The summed E-state index contributed by atoms with van der Waals surface area (Å²) >= 11 is 0. The van der Waals surface area contributed by atoms with Crippen LogP contribution in [0.3, 0.4) is 0 Å². The lowest BCUT2D eigenvalue weighted by molar-refractivity contribution is 0.0746. The second-order valence-corrected chi connectivity index (χ2v) is 5.59. The molecule has 0 unspecified atom stereocenters. The zero-order valence-corrected chi connectivity index (χ0v) is 12.9. The molecule has 0 radical (unpaired) electrons. The maximum atomic E-state index is 12.7. The minimum Gasteiger partial charge on any atom is -0.385 e. The topological polar surface area (TPSA) is 56.1 Å². The van der Waals surface area contributed by atoms with E-state index in [1.807, 2.05) is 30.0 Å². The van der Waals surface area contributed by atoms with Gasteiger partial charge in [0.2, 0.25) is 0 Å². The van der Waals surface area contributed by atoms with Gasteiger partial charge >= 0.3 is 0 Å². The van der Waals surface area contributed by atoms with Gasteiger partial charge in [0.15, 0.2) is 0 Å². The summed E-state index contributed by atoms with van der Waals surface area (Å²) in [5.41, 5.74) is 2.80. The van der Waals surface area contributed by atoms with Gasteiger partial charge in [0.05, 0.1) is 12.5 Å². The van der Waals surface area contributed by atoms with Crippen molar-refractivity contribution in [3.63, 3.8) is 0 Å². The summed E-state index contributed by atoms with van der Waals surface area (Å²) in [6.07, 6.45) is 3.60. The predicted molar refractivity (Wildman–Crippen MR) is 84.2 cm³/mol. The van der Waals surface area contributed by atoms with Gasteiger partial charge in [-0.15, -0.1) is 0 Å². The van der Waals surface area contributed by atoms with Crippen LogP contribution in [0.2, 0.25) is 0 Å². The van der Waals surface area contributed by atoms with E-state index in [0.717, 1.165) is 42.6 Å². The molecule has 4 heteroatoms. The number of nitrogens with zero attached hydrogens (tertiary/aromatic N) is 2. The van der Waals surface area contributed by atoms with Gasteiger partial charge in [-0.25, -0.2) is 0 Å². The van der Waals surface area contributed by atoms with E-state index < -0.39 is 0 Å². The fourth-order valence-corrected chi connectivity index (χ4v) is 2.44. The molecule has 1 amide bonds. The summed E-state index contributed by atoms with van der Waals surface area (Å²) in [7, 11) is 0. The molecule has 4 nitrogen and oxygen atoms in total. The summed E-state index contributed by atoms with van der Waals surface area (Å²) < 4.78 is 0. The van der Waals surface area contributed by atoms with Crippen molar-refractivity contribution in [2.45, 2.75) is 45.6 Å². The van der Waals surface area contributed by atoms with E-state index in [9.17, 15) is 4.79 Å². The molecule has 1 aliphatic rings. The molecule has 0 bridgehead atoms. The van der Waals surface area contributed by atoms with Crippen LogP contribution in [0, 0.1) is 18.3 Å². The van der Waals surface area contributed by atoms with Gasteiger partial charge < -0.3 is 10.2 Å². The molecule has 0 saturated heterocycles. The molecule has 1 aromatic carbocycles. The lowest BCUT2D eigenvalue weighted by Crippen LogP contribution is -2.34. The first kappa shape index (κ1) is 15.4. The first-order valence-corrected chi connectivity index (χ1v) is 7.69. The zero-order valence-electron chi connectivity index (χ0n) is 12.9. The average Bonchev–Trinajstić information content (AvgIpc) is 3.30. The number of anilines is 1. The molecular formula is C17H23N3O. The molecule has 0 spiro atoms. The van der Waals surface area contributed by atoms with Gasteiger partial charge in [0, 0.05) is 30.4 Å². The van der Waals surface area contributed by atoms with Crippen molar-refractivity contribution in [1.82, 2.24) is 4.90 Å². The van der Waals surface area contributed by atoms with Crippen LogP contribution in [0.4, 0.5) is 5.69 Å². The molecule has 21 heavy (non-hydrogen) atoms. The van der Waals surface area contributed by atoms with E-state index >= 15 is 0 Å². The number of rotatable bonds is 7. The van der Waals surface area contributed by atoms with E-state index in [0.29, 0.717) is 19.0 Å². The van der Waals surface area contributed by atoms with Gasteiger partial charge in [-0.2, -0.15) is 5.26 Å². The Kier molecular flexibility index (Phi) is 5.21. The zero-order chi connectivity index (χ0) is 15.2. The van der Waals surface area contributed by atoms with Crippen LogP contribution in [0.15, 0.2) is 18.2 Å². The number of aryl methyl sites for hydroxylation is 1. The monoisotopic (exact) mass is 285 g/mol. The lowest BCUT2D eigenvalue weighted by atomic mass is 10.1. The van der Waals surface area contributed by atoms with Crippen LogP contribution in [0.25, 0.3) is 0 Å². The molecule has 1 aromatic rings. The smallest absolute Gasteiger partial charge is 0.254 e. The minimum absolute atomic E-state index is 0.0623. The first-order valence-electron chi connectivity index (χ1n) is 7.69. The highest BCUT2D eigenvalue weighted by atomic mass is 16.2. The Balaban J connectivity index is 2.12. The molecule has 0 heterocycles. The van der Waals surface area contributed by atoms with Crippen LogP contribution in [-0.2, 0) is 0 Å². The molecule has 1 saturated carbocycles. The van der Waals surface area contributed by atoms with Crippen molar-refractivity contribution in [3.05, 3.63) is 29.3 Å². The number of hydrogen-bond donors (Lipinski definition) is 1. The number of benzene rings is 1. The Morgan fingerprint density at radius 1 is 1.48 bits per heavy atom. The maximum Gasteiger partial charge on any atom is 0.254 e. The van der Waals surface area contributed by atoms with Gasteiger partial charge in [0.25, 0.3) is 5.91 Å². The SMILES string of the molecule is CCCNc1ccc(C(=O)N(CCC#N)C2CC2)c(C)c1. The van der Waals surface area contributed by atoms with Crippen LogP contribution >= 0.6 is 0 Å². The Hall–Kier alpha value is -2.02. The van der Waals surface area contributed by atoms with Gasteiger partial charge in [-0.1, -0.05) is 6.92 Å². The standard InChI is InChI=1S/C17H23N3O/c1-3-10-19-14-5-8-16(13(2)12-14)17(21)20(11-4-9-18)15-6-7-15/h5,8,12,15,19H,3-4,6-7,10-11H2,1-2H3. The van der Waals surface area contributed by atoms with Crippen molar-refractivity contribution >= 4 is 11.6 Å². The van der Waals surface area contributed by atoms with Crippen LogP contribution in [0.1, 0.15) is 48.5 Å². The maximum absolute atomic E-state index is 12.7. The number of hydrogen-bond acceptors (Lipinski definition) is 3. The summed E-state index contributed by atoms with van der Waals surface area (Å²) in [5, 5.41) is 12.1. The van der Waals surface area contributed by atoms with E-state index in [1.54, 1.807) is 0 Å². The third kappa shape index (κ3) is 3.98.